The third kappa shape index (κ3) is 3.52. The van der Waals surface area contributed by atoms with Crippen molar-refractivity contribution in [3.05, 3.63) is 36.4 Å². The van der Waals surface area contributed by atoms with Crippen LogP contribution in [0, 0.1) is 0 Å². The van der Waals surface area contributed by atoms with Gasteiger partial charge in [0.2, 0.25) is 0 Å². The van der Waals surface area contributed by atoms with E-state index >= 15 is 0 Å². The van der Waals surface area contributed by atoms with Crippen LogP contribution in [-0.2, 0) is 36.7 Å². The second-order valence-electron chi connectivity index (χ2n) is 3.62. The molecule has 106 valence electrons. The summed E-state index contributed by atoms with van der Waals surface area (Å²) >= 11 is 0. The maximum Gasteiger partial charge on any atom is 0.294 e. The van der Waals surface area contributed by atoms with E-state index in [1.807, 2.05) is 0 Å². The minimum atomic E-state index is -4.35. The summed E-state index contributed by atoms with van der Waals surface area (Å²) in [4.78, 5) is -0.690. The zero-order chi connectivity index (χ0) is 13.6. The van der Waals surface area contributed by atoms with Crippen LogP contribution in [0.1, 0.15) is 0 Å². The quantitative estimate of drug-likeness (QED) is 0.627. The van der Waals surface area contributed by atoms with Gasteiger partial charge >= 0.3 is 0 Å². The van der Waals surface area contributed by atoms with Crippen molar-refractivity contribution in [1.82, 2.24) is 0 Å². The first-order chi connectivity index (χ1) is 8.18. The van der Waals surface area contributed by atoms with Crippen molar-refractivity contribution in [3.63, 3.8) is 0 Å². The van der Waals surface area contributed by atoms with Gasteiger partial charge in [0.1, 0.15) is 0 Å². The molecule has 2 aromatic rings. The molecule has 0 fully saturated rings. The molecule has 0 unspecified atom stereocenters. The van der Waals surface area contributed by atoms with Crippen molar-refractivity contribution < 1.29 is 42.4 Å². The van der Waals surface area contributed by atoms with Crippen LogP contribution in [0.2, 0.25) is 0 Å². The fourth-order valence-electron chi connectivity index (χ4n) is 1.52. The molecule has 0 aromatic heterocycles. The van der Waals surface area contributed by atoms with Gasteiger partial charge in [-0.25, -0.2) is 0 Å². The molecule has 0 aliphatic rings. The molecule has 0 amide bonds. The van der Waals surface area contributed by atoms with E-state index < -0.39 is 20.2 Å². The zero-order valence-electron chi connectivity index (χ0n) is 9.12. The molecule has 0 spiro atoms. The average molecular weight is 347 g/mol. The van der Waals surface area contributed by atoms with Gasteiger partial charge in [-0.1, -0.05) is 12.1 Å². The van der Waals surface area contributed by atoms with Crippen LogP contribution in [0.25, 0.3) is 10.8 Å². The summed E-state index contributed by atoms with van der Waals surface area (Å²) in [7, 11) is -8.71. The van der Waals surface area contributed by atoms with Crippen LogP contribution in [-0.4, -0.2) is 25.9 Å². The maximum absolute atomic E-state index is 10.9. The van der Waals surface area contributed by atoms with Gasteiger partial charge in [0.05, 0.1) is 9.79 Å². The first-order valence-corrected chi connectivity index (χ1v) is 7.55. The molecule has 6 nitrogen and oxygen atoms in total. The Morgan fingerprint density at radius 3 is 1.37 bits per heavy atom. The molecule has 0 radical (unpaired) electrons. The summed E-state index contributed by atoms with van der Waals surface area (Å²) in [6.45, 7) is 0. The van der Waals surface area contributed by atoms with E-state index in [1.54, 1.807) is 0 Å². The van der Waals surface area contributed by atoms with Gasteiger partial charge in [-0.05, 0) is 35.0 Å². The van der Waals surface area contributed by atoms with Crippen LogP contribution in [0.3, 0.4) is 0 Å². The first-order valence-electron chi connectivity index (χ1n) is 4.67. The van der Waals surface area contributed by atoms with Crippen molar-refractivity contribution in [1.29, 1.82) is 0 Å². The van der Waals surface area contributed by atoms with E-state index in [9.17, 15) is 16.8 Å². The van der Waals surface area contributed by atoms with Gasteiger partial charge in [-0.3, -0.25) is 9.11 Å². The third-order valence-corrected chi connectivity index (χ3v) is 4.08. The topological polar surface area (TPSA) is 109 Å². The third-order valence-electron chi connectivity index (χ3n) is 2.38. The van der Waals surface area contributed by atoms with Crippen LogP contribution < -0.4 is 0 Å². The Morgan fingerprint density at radius 2 is 1.05 bits per heavy atom. The van der Waals surface area contributed by atoms with Gasteiger partial charge in [0.25, 0.3) is 20.2 Å². The smallest absolute Gasteiger partial charge is 0.282 e. The second-order valence-corrected chi connectivity index (χ2v) is 6.46. The van der Waals surface area contributed by atoms with Crippen molar-refractivity contribution in [2.24, 2.45) is 0 Å². The van der Waals surface area contributed by atoms with E-state index in [0.717, 1.165) is 12.1 Å². The van der Waals surface area contributed by atoms with Crippen LogP contribution in [0.5, 0.6) is 0 Å². The number of benzene rings is 2. The average Bonchev–Trinajstić information content (AvgIpc) is 2.25. The molecule has 0 saturated heterocycles. The Balaban J connectivity index is 0.00000180. The van der Waals surface area contributed by atoms with Crippen molar-refractivity contribution in [2.45, 2.75) is 9.79 Å². The van der Waals surface area contributed by atoms with E-state index in [4.69, 9.17) is 9.11 Å². The first kappa shape index (κ1) is 16.1. The van der Waals surface area contributed by atoms with Gasteiger partial charge in [0.15, 0.2) is 0 Å². The minimum Gasteiger partial charge on any atom is -0.282 e. The molecule has 2 rings (SSSR count). The summed E-state index contributed by atoms with van der Waals surface area (Å²) in [5.74, 6) is 0. The maximum atomic E-state index is 10.9. The molecule has 2 N–H and O–H groups in total. The summed E-state index contributed by atoms with van der Waals surface area (Å²) in [6.07, 6.45) is 0. The van der Waals surface area contributed by atoms with Crippen LogP contribution in [0.15, 0.2) is 46.2 Å². The van der Waals surface area contributed by atoms with Crippen molar-refractivity contribution in [2.75, 3.05) is 0 Å². The predicted molar refractivity (Wildman–Crippen MR) is 63.6 cm³/mol. The van der Waals surface area contributed by atoms with Gasteiger partial charge in [0, 0.05) is 16.5 Å². The number of hydrogen-bond acceptors (Lipinski definition) is 4. The molecular formula is C10H8NiO6S2. The standard InChI is InChI=1S/C10H8O6S2.Ni/c11-17(12,13)9-3-1-7-2-4-10(18(14,15)16)6-8(7)5-9;/h1-6H,(H,11,12,13)(H,14,15,16);. The Kier molecular flexibility index (Phi) is 4.38. The number of rotatable bonds is 2. The predicted octanol–water partition coefficient (Wildman–Crippen LogP) is 1.33. The van der Waals surface area contributed by atoms with Crippen LogP contribution >= 0.6 is 0 Å². The van der Waals surface area contributed by atoms with Gasteiger partial charge in [-0.2, -0.15) is 16.8 Å². The Morgan fingerprint density at radius 1 is 0.684 bits per heavy atom. The fourth-order valence-corrected chi connectivity index (χ4v) is 2.56. The Hall–Kier alpha value is -0.986. The molecule has 0 atom stereocenters. The minimum absolute atomic E-state index is 0. The van der Waals surface area contributed by atoms with Crippen LogP contribution in [0.4, 0.5) is 0 Å². The Bertz CT molecular complexity index is 759. The zero-order valence-corrected chi connectivity index (χ0v) is 11.7. The van der Waals surface area contributed by atoms with Crippen molar-refractivity contribution >= 4 is 31.0 Å². The Labute approximate surface area is 119 Å². The molecule has 0 aliphatic heterocycles. The van der Waals surface area contributed by atoms with Gasteiger partial charge in [-0.15, -0.1) is 0 Å². The molecule has 0 aliphatic carbocycles. The molecule has 9 heteroatoms. The largest absolute Gasteiger partial charge is 0.294 e. The normalized spacial score (nSPS) is 12.1. The van der Waals surface area contributed by atoms with E-state index in [0.29, 0.717) is 5.39 Å². The fraction of sp³-hybridized carbons (Fsp3) is 0. The van der Waals surface area contributed by atoms with Gasteiger partial charge < -0.3 is 0 Å². The summed E-state index contributed by atoms with van der Waals surface area (Å²) in [6, 6.07) is 7.49. The summed E-state index contributed by atoms with van der Waals surface area (Å²) in [5.41, 5.74) is 0. The molecule has 19 heavy (non-hydrogen) atoms. The molecule has 0 bridgehead atoms. The van der Waals surface area contributed by atoms with E-state index in [1.165, 1.54) is 24.3 Å². The number of fused-ring (bicyclic) bond motifs is 1. The molecule has 2 aromatic carbocycles. The molecule has 0 saturated carbocycles. The van der Waals surface area contributed by atoms with E-state index in [-0.39, 0.29) is 31.7 Å². The second kappa shape index (κ2) is 5.18. The SMILES string of the molecule is O=S(=O)(O)c1ccc2ccc(S(=O)(=O)O)cc2c1.[Ni]. The molecule has 0 heterocycles. The summed E-state index contributed by atoms with van der Waals surface area (Å²) < 4.78 is 61.5. The molecular weight excluding hydrogens is 339 g/mol. The van der Waals surface area contributed by atoms with Crippen molar-refractivity contribution in [3.8, 4) is 0 Å². The van der Waals surface area contributed by atoms with E-state index in [2.05, 4.69) is 0 Å². The number of hydrogen-bond donors (Lipinski definition) is 2. The summed E-state index contributed by atoms with van der Waals surface area (Å²) in [5, 5.41) is 0.857. The monoisotopic (exact) mass is 346 g/mol.